The van der Waals surface area contributed by atoms with Gasteiger partial charge in [-0.1, -0.05) is 0 Å². The third-order valence-electron chi connectivity index (χ3n) is 1.19. The number of carbonyl (C=O) groups excluding carboxylic acids is 1. The Bertz CT molecular complexity index is 95.6. The zero-order valence-electron chi connectivity index (χ0n) is 5.50. The number of hydrogen-bond acceptors (Lipinski definition) is 3. The lowest BCUT2D eigenvalue weighted by Gasteiger charge is -2.22. The minimum absolute atomic E-state index is 0. The fourth-order valence-corrected chi connectivity index (χ4v) is 0.755. The maximum atomic E-state index is 9.87. The summed E-state index contributed by atoms with van der Waals surface area (Å²) in [7, 11) is 0. The molecule has 1 heterocycles. The van der Waals surface area contributed by atoms with E-state index in [4.69, 9.17) is 4.74 Å². The van der Waals surface area contributed by atoms with E-state index >= 15 is 0 Å². The van der Waals surface area contributed by atoms with Crippen LogP contribution in [0.25, 0.3) is 0 Å². The van der Waals surface area contributed by atoms with Crippen LogP contribution in [-0.2, 0) is 9.53 Å². The van der Waals surface area contributed by atoms with Gasteiger partial charge in [0.25, 0.3) is 0 Å². The summed E-state index contributed by atoms with van der Waals surface area (Å²) in [5.74, 6) is 0. The number of morpholine rings is 1. The molecule has 60 valence electrons. The summed E-state index contributed by atoms with van der Waals surface area (Å²) in [4.78, 5) is 9.87. The number of rotatable bonds is 2. The van der Waals surface area contributed by atoms with Crippen LogP contribution in [0.1, 0.15) is 0 Å². The number of hydrogen-bond donors (Lipinski definition) is 2. The number of amides is 1. The molecule has 1 fully saturated rings. The summed E-state index contributed by atoms with van der Waals surface area (Å²) in [6.45, 7) is 2.11. The molecule has 0 radical (unpaired) electrons. The first-order valence-electron chi connectivity index (χ1n) is 2.94. The highest BCUT2D eigenvalue weighted by atomic mass is 35.5. The van der Waals surface area contributed by atoms with Crippen LogP contribution in [0.5, 0.6) is 0 Å². The highest BCUT2D eigenvalue weighted by Gasteiger charge is 2.09. The predicted octanol–water partition coefficient (Wildman–Crippen LogP) is -0.900. The van der Waals surface area contributed by atoms with Gasteiger partial charge in [0.1, 0.15) is 6.17 Å². The average molecular weight is 167 g/mol. The molecule has 2 N–H and O–H groups in total. The van der Waals surface area contributed by atoms with Gasteiger partial charge in [0.2, 0.25) is 6.41 Å². The molecule has 0 aromatic heterocycles. The summed E-state index contributed by atoms with van der Waals surface area (Å²) < 4.78 is 5.05. The van der Waals surface area contributed by atoms with E-state index in [-0.39, 0.29) is 18.6 Å². The van der Waals surface area contributed by atoms with Crippen molar-refractivity contribution < 1.29 is 9.53 Å². The average Bonchev–Trinajstić information content (AvgIpc) is 1.91. The Morgan fingerprint density at radius 3 is 3.00 bits per heavy atom. The molecule has 1 amide bonds. The molecule has 0 aromatic rings. The molecule has 0 saturated carbocycles. The molecule has 0 unspecified atom stereocenters. The Balaban J connectivity index is 0.000000810. The summed E-state index contributed by atoms with van der Waals surface area (Å²) in [5, 5.41) is 5.62. The van der Waals surface area contributed by atoms with Crippen molar-refractivity contribution in [3.05, 3.63) is 0 Å². The van der Waals surface area contributed by atoms with Gasteiger partial charge in [0.15, 0.2) is 0 Å². The summed E-state index contributed by atoms with van der Waals surface area (Å²) in [6.07, 6.45) is 0.683. The lowest BCUT2D eigenvalue weighted by atomic mass is 10.4. The maximum Gasteiger partial charge on any atom is 0.208 e. The number of carbonyl (C=O) groups is 1. The van der Waals surface area contributed by atoms with Crippen LogP contribution in [-0.4, -0.2) is 32.3 Å². The SMILES string of the molecule is Cl.O=CN[C@H]1COCCN1. The zero-order valence-corrected chi connectivity index (χ0v) is 6.32. The molecule has 1 rings (SSSR count). The third-order valence-corrected chi connectivity index (χ3v) is 1.19. The van der Waals surface area contributed by atoms with Crippen LogP contribution in [0.4, 0.5) is 0 Å². The first-order chi connectivity index (χ1) is 4.43. The van der Waals surface area contributed by atoms with Crippen molar-refractivity contribution in [2.45, 2.75) is 6.17 Å². The van der Waals surface area contributed by atoms with E-state index in [2.05, 4.69) is 10.6 Å². The van der Waals surface area contributed by atoms with E-state index in [9.17, 15) is 4.79 Å². The van der Waals surface area contributed by atoms with Crippen molar-refractivity contribution in [1.82, 2.24) is 10.6 Å². The quantitative estimate of drug-likeness (QED) is 0.523. The van der Waals surface area contributed by atoms with Gasteiger partial charge in [0, 0.05) is 6.54 Å². The van der Waals surface area contributed by atoms with Crippen molar-refractivity contribution in [2.24, 2.45) is 0 Å². The maximum absolute atomic E-state index is 9.87. The van der Waals surface area contributed by atoms with Gasteiger partial charge in [-0.25, -0.2) is 0 Å². The predicted molar refractivity (Wildman–Crippen MR) is 39.1 cm³/mol. The van der Waals surface area contributed by atoms with Gasteiger partial charge in [-0.3, -0.25) is 10.1 Å². The normalized spacial score (nSPS) is 24.6. The van der Waals surface area contributed by atoms with Crippen LogP contribution < -0.4 is 10.6 Å². The molecule has 0 aliphatic carbocycles. The molecular weight excluding hydrogens is 156 g/mol. The smallest absolute Gasteiger partial charge is 0.208 e. The Hall–Kier alpha value is -0.320. The van der Waals surface area contributed by atoms with Crippen molar-refractivity contribution in [3.63, 3.8) is 0 Å². The molecule has 10 heavy (non-hydrogen) atoms. The van der Waals surface area contributed by atoms with E-state index in [1.165, 1.54) is 0 Å². The van der Waals surface area contributed by atoms with Crippen LogP contribution in [0.2, 0.25) is 0 Å². The van der Waals surface area contributed by atoms with Gasteiger partial charge >= 0.3 is 0 Å². The molecule has 1 aliphatic heterocycles. The van der Waals surface area contributed by atoms with E-state index in [1.807, 2.05) is 0 Å². The van der Waals surface area contributed by atoms with Gasteiger partial charge in [-0.15, -0.1) is 12.4 Å². The number of ether oxygens (including phenoxy) is 1. The Morgan fingerprint density at radius 2 is 2.50 bits per heavy atom. The lowest BCUT2D eigenvalue weighted by molar-refractivity contribution is -0.111. The monoisotopic (exact) mass is 166 g/mol. The standard InChI is InChI=1S/C5H10N2O2.ClH/c8-4-7-5-3-9-2-1-6-5;/h4-6H,1-3H2,(H,7,8);1H/t5-;/m0./s1. The first-order valence-corrected chi connectivity index (χ1v) is 2.94. The van der Waals surface area contributed by atoms with Crippen LogP contribution >= 0.6 is 12.4 Å². The van der Waals surface area contributed by atoms with Crippen LogP contribution in [0.15, 0.2) is 0 Å². The fraction of sp³-hybridized carbons (Fsp3) is 0.800. The van der Waals surface area contributed by atoms with Gasteiger partial charge in [-0.2, -0.15) is 0 Å². The minimum Gasteiger partial charge on any atom is -0.377 e. The summed E-state index contributed by atoms with van der Waals surface area (Å²) >= 11 is 0. The van der Waals surface area contributed by atoms with Gasteiger partial charge in [-0.05, 0) is 0 Å². The Kier molecular flexibility index (Phi) is 5.29. The van der Waals surface area contributed by atoms with Gasteiger partial charge < -0.3 is 10.1 Å². The second-order valence-corrected chi connectivity index (χ2v) is 1.87. The number of halogens is 1. The molecule has 5 heteroatoms. The van der Waals surface area contributed by atoms with E-state index < -0.39 is 0 Å². The third kappa shape index (κ3) is 3.00. The van der Waals surface area contributed by atoms with Crippen LogP contribution in [0.3, 0.4) is 0 Å². The fourth-order valence-electron chi connectivity index (χ4n) is 0.755. The van der Waals surface area contributed by atoms with Crippen molar-refractivity contribution >= 4 is 18.8 Å². The summed E-state index contributed by atoms with van der Waals surface area (Å²) in [6, 6.07) is 0. The minimum atomic E-state index is 0. The van der Waals surface area contributed by atoms with Crippen molar-refractivity contribution in [3.8, 4) is 0 Å². The van der Waals surface area contributed by atoms with Crippen LogP contribution in [0, 0.1) is 0 Å². The molecule has 4 nitrogen and oxygen atoms in total. The molecule has 1 aliphatic rings. The topological polar surface area (TPSA) is 50.4 Å². The molecule has 0 bridgehead atoms. The lowest BCUT2D eigenvalue weighted by Crippen LogP contribution is -2.49. The number of nitrogens with one attached hydrogen (secondary N) is 2. The Morgan fingerprint density at radius 1 is 1.70 bits per heavy atom. The largest absolute Gasteiger partial charge is 0.377 e. The van der Waals surface area contributed by atoms with Crippen molar-refractivity contribution in [2.75, 3.05) is 19.8 Å². The first kappa shape index (κ1) is 9.68. The molecule has 1 atom stereocenters. The van der Waals surface area contributed by atoms with Gasteiger partial charge in [0.05, 0.1) is 13.2 Å². The molecule has 0 aromatic carbocycles. The van der Waals surface area contributed by atoms with E-state index in [0.717, 1.165) is 13.2 Å². The highest BCUT2D eigenvalue weighted by Crippen LogP contribution is 1.86. The highest BCUT2D eigenvalue weighted by molar-refractivity contribution is 5.85. The second kappa shape index (κ2) is 5.46. The zero-order chi connectivity index (χ0) is 6.53. The molecule has 1 saturated heterocycles. The Labute approximate surface area is 65.7 Å². The van der Waals surface area contributed by atoms with E-state index in [0.29, 0.717) is 13.0 Å². The van der Waals surface area contributed by atoms with E-state index in [1.54, 1.807) is 0 Å². The molecular formula is C5H11ClN2O2. The second-order valence-electron chi connectivity index (χ2n) is 1.87. The summed E-state index contributed by atoms with van der Waals surface area (Å²) in [5.41, 5.74) is 0. The van der Waals surface area contributed by atoms with Crippen molar-refractivity contribution in [1.29, 1.82) is 0 Å². The molecule has 0 spiro atoms.